The fourth-order valence-electron chi connectivity index (χ4n) is 3.69. The number of halogens is 1. The van der Waals surface area contributed by atoms with Crippen LogP contribution in [0.5, 0.6) is 5.75 Å². The molecule has 1 aromatic heterocycles. The number of nitrogens with zero attached hydrogens (tertiary/aromatic N) is 2. The van der Waals surface area contributed by atoms with Crippen molar-refractivity contribution < 1.29 is 13.9 Å². The molecule has 0 aliphatic rings. The fraction of sp³-hybridized carbons (Fsp3) is 0.0645. The number of aromatic nitrogens is 1. The minimum atomic E-state index is -0.312. The van der Waals surface area contributed by atoms with Gasteiger partial charge in [-0.25, -0.2) is 14.8 Å². The SMILES string of the molecule is Cc1ccc(Nc2nc(-c3ccc(C(=O)N/N=C\c4ccc(OCc5cccc(F)c5)cc4)cc3)cs2)cc1. The van der Waals surface area contributed by atoms with Crippen molar-refractivity contribution in [2.45, 2.75) is 13.5 Å². The van der Waals surface area contributed by atoms with Crippen LogP contribution in [-0.4, -0.2) is 17.1 Å². The van der Waals surface area contributed by atoms with Crippen molar-refractivity contribution in [2.24, 2.45) is 5.10 Å². The molecule has 2 N–H and O–H groups in total. The van der Waals surface area contributed by atoms with Crippen molar-refractivity contribution in [2.75, 3.05) is 5.32 Å². The monoisotopic (exact) mass is 536 g/mol. The Balaban J connectivity index is 1.12. The molecule has 0 radical (unpaired) electrons. The van der Waals surface area contributed by atoms with Gasteiger partial charge in [0, 0.05) is 22.2 Å². The van der Waals surface area contributed by atoms with E-state index in [4.69, 9.17) is 4.74 Å². The van der Waals surface area contributed by atoms with E-state index in [9.17, 15) is 9.18 Å². The standard InChI is InChI=1S/C31H25FN4O2S/c1-21-5-13-27(14-6-21)34-31-35-29(20-39-31)24-9-11-25(12-10-24)30(37)36-33-18-22-7-15-28(16-8-22)38-19-23-3-2-4-26(32)17-23/h2-18,20H,19H2,1H3,(H,34,35)(H,36,37)/b33-18-. The Morgan fingerprint density at radius 2 is 1.77 bits per heavy atom. The molecule has 5 aromatic rings. The van der Waals surface area contributed by atoms with E-state index < -0.39 is 0 Å². The summed E-state index contributed by atoms with van der Waals surface area (Å²) in [6, 6.07) is 28.9. The summed E-state index contributed by atoms with van der Waals surface area (Å²) >= 11 is 1.52. The summed E-state index contributed by atoms with van der Waals surface area (Å²) in [5.74, 6) is 0.0485. The molecule has 0 saturated carbocycles. The van der Waals surface area contributed by atoms with Gasteiger partial charge in [-0.05, 0) is 78.7 Å². The van der Waals surface area contributed by atoms with Crippen LogP contribution in [0.25, 0.3) is 11.3 Å². The van der Waals surface area contributed by atoms with Crippen LogP contribution in [0.3, 0.4) is 0 Å². The zero-order valence-corrected chi connectivity index (χ0v) is 21.9. The topological polar surface area (TPSA) is 75.6 Å². The van der Waals surface area contributed by atoms with Gasteiger partial charge in [0.05, 0.1) is 11.9 Å². The lowest BCUT2D eigenvalue weighted by molar-refractivity contribution is 0.0955. The summed E-state index contributed by atoms with van der Waals surface area (Å²) in [5, 5.41) is 10.1. The number of thiazole rings is 1. The number of benzene rings is 4. The van der Waals surface area contributed by atoms with Crippen LogP contribution in [-0.2, 0) is 6.61 Å². The van der Waals surface area contributed by atoms with Crippen LogP contribution in [0.1, 0.15) is 27.0 Å². The first-order valence-corrected chi connectivity index (χ1v) is 13.1. The molecule has 0 fully saturated rings. The molecule has 194 valence electrons. The second-order valence-corrected chi connectivity index (χ2v) is 9.65. The highest BCUT2D eigenvalue weighted by molar-refractivity contribution is 7.14. The molecule has 39 heavy (non-hydrogen) atoms. The molecular weight excluding hydrogens is 511 g/mol. The van der Waals surface area contributed by atoms with Gasteiger partial charge in [-0.1, -0.05) is 42.0 Å². The van der Waals surface area contributed by atoms with Crippen molar-refractivity contribution in [3.8, 4) is 17.0 Å². The number of rotatable bonds is 9. The molecule has 0 bridgehead atoms. The van der Waals surface area contributed by atoms with Crippen LogP contribution in [0, 0.1) is 12.7 Å². The first-order chi connectivity index (χ1) is 19.0. The zero-order chi connectivity index (χ0) is 27.0. The average molecular weight is 537 g/mol. The van der Waals surface area contributed by atoms with Crippen molar-refractivity contribution in [3.63, 3.8) is 0 Å². The van der Waals surface area contributed by atoms with E-state index >= 15 is 0 Å². The molecule has 0 saturated heterocycles. The van der Waals surface area contributed by atoms with Gasteiger partial charge in [-0.2, -0.15) is 5.10 Å². The van der Waals surface area contributed by atoms with Gasteiger partial charge in [0.1, 0.15) is 18.2 Å². The Kier molecular flexibility index (Phi) is 8.04. The first kappa shape index (κ1) is 25.8. The van der Waals surface area contributed by atoms with E-state index in [1.807, 2.05) is 41.8 Å². The van der Waals surface area contributed by atoms with E-state index in [0.29, 0.717) is 11.3 Å². The summed E-state index contributed by atoms with van der Waals surface area (Å²) in [5.41, 5.74) is 8.53. The number of nitrogens with one attached hydrogen (secondary N) is 2. The molecule has 0 aliphatic heterocycles. The molecule has 0 spiro atoms. The first-order valence-electron chi connectivity index (χ1n) is 12.2. The van der Waals surface area contributed by atoms with Crippen LogP contribution in [0.4, 0.5) is 15.2 Å². The number of hydrogen-bond acceptors (Lipinski definition) is 6. The predicted molar refractivity (Wildman–Crippen MR) is 154 cm³/mol. The Morgan fingerprint density at radius 3 is 2.51 bits per heavy atom. The predicted octanol–water partition coefficient (Wildman–Crippen LogP) is 7.34. The lowest BCUT2D eigenvalue weighted by Gasteiger charge is -2.06. The van der Waals surface area contributed by atoms with Crippen LogP contribution in [0.2, 0.25) is 0 Å². The Hall–Kier alpha value is -4.82. The molecule has 6 nitrogen and oxygen atoms in total. The number of amides is 1. The highest BCUT2D eigenvalue weighted by Gasteiger charge is 2.08. The van der Waals surface area contributed by atoms with E-state index in [0.717, 1.165) is 33.2 Å². The van der Waals surface area contributed by atoms with E-state index in [-0.39, 0.29) is 18.3 Å². The van der Waals surface area contributed by atoms with Gasteiger partial charge in [0.15, 0.2) is 5.13 Å². The molecular formula is C31H25FN4O2S. The fourth-order valence-corrected chi connectivity index (χ4v) is 4.43. The summed E-state index contributed by atoms with van der Waals surface area (Å²) in [7, 11) is 0. The number of aryl methyl sites for hydroxylation is 1. The van der Waals surface area contributed by atoms with Gasteiger partial charge >= 0.3 is 0 Å². The third-order valence-corrected chi connectivity index (χ3v) is 6.56. The molecule has 0 unspecified atom stereocenters. The molecule has 0 aliphatic carbocycles. The normalized spacial score (nSPS) is 10.9. The van der Waals surface area contributed by atoms with Gasteiger partial charge in [0.2, 0.25) is 0 Å². The smallest absolute Gasteiger partial charge is 0.271 e. The highest BCUT2D eigenvalue weighted by Crippen LogP contribution is 2.27. The number of carbonyl (C=O) groups excluding carboxylic acids is 1. The van der Waals surface area contributed by atoms with Gasteiger partial charge in [-0.3, -0.25) is 4.79 Å². The lowest BCUT2D eigenvalue weighted by Crippen LogP contribution is -2.17. The van der Waals surface area contributed by atoms with Crippen molar-refractivity contribution in [1.82, 2.24) is 10.4 Å². The van der Waals surface area contributed by atoms with E-state index in [1.54, 1.807) is 42.6 Å². The molecule has 1 heterocycles. The molecule has 5 rings (SSSR count). The summed E-state index contributed by atoms with van der Waals surface area (Å²) in [4.78, 5) is 17.2. The molecule has 1 amide bonds. The summed E-state index contributed by atoms with van der Waals surface area (Å²) < 4.78 is 19.0. The maximum absolute atomic E-state index is 13.3. The zero-order valence-electron chi connectivity index (χ0n) is 21.1. The van der Waals surface area contributed by atoms with Gasteiger partial charge < -0.3 is 10.1 Å². The number of carbonyl (C=O) groups is 1. The highest BCUT2D eigenvalue weighted by atomic mass is 32.1. The number of anilines is 2. The Bertz CT molecular complexity index is 1580. The molecule has 0 atom stereocenters. The van der Waals surface area contributed by atoms with E-state index in [1.165, 1.54) is 29.0 Å². The Morgan fingerprint density at radius 1 is 1.00 bits per heavy atom. The second kappa shape index (κ2) is 12.1. The molecule has 8 heteroatoms. The van der Waals surface area contributed by atoms with Crippen LogP contribution >= 0.6 is 11.3 Å². The summed E-state index contributed by atoms with van der Waals surface area (Å²) in [6.07, 6.45) is 1.56. The minimum absolute atomic E-state index is 0.272. The maximum atomic E-state index is 13.3. The third kappa shape index (κ3) is 7.15. The number of hydrazone groups is 1. The third-order valence-electron chi connectivity index (χ3n) is 5.80. The quantitative estimate of drug-likeness (QED) is 0.153. The second-order valence-electron chi connectivity index (χ2n) is 8.79. The van der Waals surface area contributed by atoms with Gasteiger partial charge in [0.25, 0.3) is 5.91 Å². The van der Waals surface area contributed by atoms with Crippen LogP contribution in [0.15, 0.2) is 108 Å². The van der Waals surface area contributed by atoms with Crippen LogP contribution < -0.4 is 15.5 Å². The minimum Gasteiger partial charge on any atom is -0.489 e. The maximum Gasteiger partial charge on any atom is 0.271 e. The lowest BCUT2D eigenvalue weighted by atomic mass is 10.1. The summed E-state index contributed by atoms with van der Waals surface area (Å²) in [6.45, 7) is 2.32. The molecule has 4 aromatic carbocycles. The van der Waals surface area contributed by atoms with Crippen molar-refractivity contribution in [3.05, 3.63) is 131 Å². The van der Waals surface area contributed by atoms with Gasteiger partial charge in [-0.15, -0.1) is 11.3 Å². The van der Waals surface area contributed by atoms with Crippen molar-refractivity contribution in [1.29, 1.82) is 0 Å². The largest absolute Gasteiger partial charge is 0.489 e. The van der Waals surface area contributed by atoms with Crippen molar-refractivity contribution >= 4 is 34.3 Å². The number of hydrogen-bond donors (Lipinski definition) is 2. The Labute approximate surface area is 229 Å². The number of ether oxygens (including phenoxy) is 1. The van der Waals surface area contributed by atoms with E-state index in [2.05, 4.69) is 39.9 Å². The average Bonchev–Trinajstić information content (AvgIpc) is 3.42.